The Hall–Kier alpha value is -1.32. The van der Waals surface area contributed by atoms with Crippen LogP contribution in [0, 0.1) is 12.7 Å². The lowest BCUT2D eigenvalue weighted by atomic mass is 10.0. The third kappa shape index (κ3) is 2.13. The van der Waals surface area contributed by atoms with Gasteiger partial charge in [0, 0.05) is 12.5 Å². The summed E-state index contributed by atoms with van der Waals surface area (Å²) in [4.78, 5) is 11.1. The molecule has 0 radical (unpaired) electrons. The van der Waals surface area contributed by atoms with Crippen LogP contribution in [0.25, 0.3) is 0 Å². The van der Waals surface area contributed by atoms with Crippen molar-refractivity contribution >= 4 is 5.78 Å². The molecule has 1 aromatic rings. The number of alkyl halides is 2. The highest BCUT2D eigenvalue weighted by Crippen LogP contribution is 2.20. The van der Waals surface area contributed by atoms with Crippen LogP contribution in [0.5, 0.6) is 0 Å². The summed E-state index contributed by atoms with van der Waals surface area (Å²) in [5.74, 6) is -5.22. The SMILES string of the molecule is Cc1cc(C(=O)C(C)(F)F)ccc1F. The molecule has 0 N–H and O–H groups in total. The predicted octanol–water partition coefficient (Wildman–Crippen LogP) is 2.97. The average Bonchev–Trinajstić information content (AvgIpc) is 2.07. The first-order valence-electron chi connectivity index (χ1n) is 4.01. The van der Waals surface area contributed by atoms with Crippen molar-refractivity contribution in [1.29, 1.82) is 0 Å². The van der Waals surface area contributed by atoms with Gasteiger partial charge in [0.2, 0.25) is 5.78 Å². The summed E-state index contributed by atoms with van der Waals surface area (Å²) in [7, 11) is 0. The Bertz CT molecular complexity index is 366. The third-order valence-corrected chi connectivity index (χ3v) is 1.82. The number of rotatable bonds is 2. The van der Waals surface area contributed by atoms with Crippen molar-refractivity contribution in [1.82, 2.24) is 0 Å². The number of ketones is 1. The first kappa shape index (κ1) is 10.8. The summed E-state index contributed by atoms with van der Waals surface area (Å²) in [5.41, 5.74) is 0.0106. The second kappa shape index (κ2) is 3.44. The Morgan fingerprint density at radius 1 is 1.36 bits per heavy atom. The van der Waals surface area contributed by atoms with Crippen molar-refractivity contribution in [3.8, 4) is 0 Å². The number of carbonyl (C=O) groups is 1. The number of carbonyl (C=O) groups excluding carboxylic acids is 1. The van der Waals surface area contributed by atoms with Crippen molar-refractivity contribution in [3.05, 3.63) is 35.1 Å². The maximum absolute atomic E-state index is 12.8. The number of benzene rings is 1. The van der Waals surface area contributed by atoms with Gasteiger partial charge in [-0.1, -0.05) is 0 Å². The highest BCUT2D eigenvalue weighted by molar-refractivity contribution is 6.01. The van der Waals surface area contributed by atoms with Gasteiger partial charge in [-0.05, 0) is 30.7 Å². The standard InChI is InChI=1S/C10H9F3O/c1-6-5-7(3-4-8(6)11)9(14)10(2,12)13/h3-5H,1-2H3. The van der Waals surface area contributed by atoms with Crippen LogP contribution < -0.4 is 0 Å². The maximum atomic E-state index is 12.8. The summed E-state index contributed by atoms with van der Waals surface area (Å²) >= 11 is 0. The van der Waals surface area contributed by atoms with Gasteiger partial charge in [0.15, 0.2) is 0 Å². The molecule has 0 bridgehead atoms. The summed E-state index contributed by atoms with van der Waals surface area (Å²) in [6.07, 6.45) is 0. The van der Waals surface area contributed by atoms with Gasteiger partial charge in [0.05, 0.1) is 0 Å². The lowest BCUT2D eigenvalue weighted by molar-refractivity contribution is 0.0221. The average molecular weight is 202 g/mol. The molecule has 76 valence electrons. The molecule has 0 saturated heterocycles. The van der Waals surface area contributed by atoms with Gasteiger partial charge in [0.25, 0.3) is 0 Å². The van der Waals surface area contributed by atoms with Crippen LogP contribution in [-0.4, -0.2) is 11.7 Å². The van der Waals surface area contributed by atoms with Crippen molar-refractivity contribution in [3.63, 3.8) is 0 Å². The number of hydrogen-bond acceptors (Lipinski definition) is 1. The van der Waals surface area contributed by atoms with Crippen LogP contribution in [0.15, 0.2) is 18.2 Å². The molecule has 0 atom stereocenters. The Kier molecular flexibility index (Phi) is 2.64. The van der Waals surface area contributed by atoms with Crippen LogP contribution in [-0.2, 0) is 0 Å². The second-order valence-corrected chi connectivity index (χ2v) is 3.18. The summed E-state index contributed by atoms with van der Waals surface area (Å²) in [6.45, 7) is 1.94. The Balaban J connectivity index is 3.10. The molecule has 0 heterocycles. The largest absolute Gasteiger partial charge is 0.307 e. The smallest absolute Gasteiger partial charge is 0.287 e. The van der Waals surface area contributed by atoms with Crippen LogP contribution in [0.3, 0.4) is 0 Å². The highest BCUT2D eigenvalue weighted by Gasteiger charge is 2.33. The van der Waals surface area contributed by atoms with Crippen LogP contribution in [0.2, 0.25) is 0 Å². The first-order chi connectivity index (χ1) is 6.32. The number of halogens is 3. The normalized spacial score (nSPS) is 11.5. The van der Waals surface area contributed by atoms with Crippen molar-refractivity contribution < 1.29 is 18.0 Å². The van der Waals surface area contributed by atoms with Gasteiger partial charge in [-0.2, -0.15) is 8.78 Å². The molecule has 0 saturated carbocycles. The fraction of sp³-hybridized carbons (Fsp3) is 0.300. The molecule has 1 rings (SSSR count). The molecule has 0 aliphatic rings. The van der Waals surface area contributed by atoms with E-state index in [1.165, 1.54) is 6.92 Å². The number of Topliss-reactive ketones (excluding diaryl/α,β-unsaturated/α-hetero) is 1. The van der Waals surface area contributed by atoms with Gasteiger partial charge < -0.3 is 0 Å². The molecule has 1 nitrogen and oxygen atoms in total. The Morgan fingerprint density at radius 2 is 1.93 bits per heavy atom. The van der Waals surface area contributed by atoms with E-state index in [4.69, 9.17) is 0 Å². The van der Waals surface area contributed by atoms with E-state index in [1.54, 1.807) is 0 Å². The van der Waals surface area contributed by atoms with E-state index < -0.39 is 17.5 Å². The fourth-order valence-electron chi connectivity index (χ4n) is 1.04. The van der Waals surface area contributed by atoms with E-state index in [-0.39, 0.29) is 11.1 Å². The molecular weight excluding hydrogens is 193 g/mol. The topological polar surface area (TPSA) is 17.1 Å². The highest BCUT2D eigenvalue weighted by atomic mass is 19.3. The van der Waals surface area contributed by atoms with Crippen molar-refractivity contribution in [2.24, 2.45) is 0 Å². The van der Waals surface area contributed by atoms with Crippen molar-refractivity contribution in [2.45, 2.75) is 19.8 Å². The van der Waals surface area contributed by atoms with E-state index in [9.17, 15) is 18.0 Å². The van der Waals surface area contributed by atoms with E-state index in [2.05, 4.69) is 0 Å². The van der Waals surface area contributed by atoms with Crippen LogP contribution in [0.4, 0.5) is 13.2 Å². The monoisotopic (exact) mass is 202 g/mol. The summed E-state index contributed by atoms with van der Waals surface area (Å²) in [6, 6.07) is 3.19. The second-order valence-electron chi connectivity index (χ2n) is 3.18. The molecule has 0 spiro atoms. The lowest BCUT2D eigenvalue weighted by Crippen LogP contribution is -2.24. The Labute approximate surface area is 79.5 Å². The van der Waals surface area contributed by atoms with Gasteiger partial charge in [-0.15, -0.1) is 0 Å². The first-order valence-corrected chi connectivity index (χ1v) is 4.01. The van der Waals surface area contributed by atoms with E-state index >= 15 is 0 Å². The van der Waals surface area contributed by atoms with Gasteiger partial charge >= 0.3 is 5.92 Å². The third-order valence-electron chi connectivity index (χ3n) is 1.82. The summed E-state index contributed by atoms with van der Waals surface area (Å²) in [5, 5.41) is 0. The fourth-order valence-corrected chi connectivity index (χ4v) is 1.04. The van der Waals surface area contributed by atoms with Gasteiger partial charge in [-0.25, -0.2) is 4.39 Å². The number of aryl methyl sites for hydroxylation is 1. The number of hydrogen-bond donors (Lipinski definition) is 0. The molecule has 0 amide bonds. The van der Waals surface area contributed by atoms with E-state index in [0.29, 0.717) is 6.92 Å². The molecule has 14 heavy (non-hydrogen) atoms. The van der Waals surface area contributed by atoms with E-state index in [1.807, 2.05) is 0 Å². The molecule has 0 fully saturated rings. The molecule has 1 aromatic carbocycles. The minimum absolute atomic E-state index is 0.170. The Morgan fingerprint density at radius 3 is 2.36 bits per heavy atom. The van der Waals surface area contributed by atoms with Crippen LogP contribution >= 0.6 is 0 Å². The molecule has 0 aliphatic carbocycles. The zero-order valence-corrected chi connectivity index (χ0v) is 7.77. The predicted molar refractivity (Wildman–Crippen MR) is 46.1 cm³/mol. The molecule has 4 heteroatoms. The van der Waals surface area contributed by atoms with Crippen LogP contribution in [0.1, 0.15) is 22.8 Å². The molecular formula is C10H9F3O. The summed E-state index contributed by atoms with van der Waals surface area (Å²) < 4.78 is 37.9. The molecule has 0 aromatic heterocycles. The van der Waals surface area contributed by atoms with Gasteiger partial charge in [-0.3, -0.25) is 4.79 Å². The maximum Gasteiger partial charge on any atom is 0.307 e. The molecule has 0 unspecified atom stereocenters. The minimum atomic E-state index is -3.41. The zero-order valence-electron chi connectivity index (χ0n) is 7.77. The molecule has 0 aliphatic heterocycles. The quantitative estimate of drug-likeness (QED) is 0.674. The van der Waals surface area contributed by atoms with Crippen molar-refractivity contribution in [2.75, 3.05) is 0 Å². The lowest BCUT2D eigenvalue weighted by Gasteiger charge is -2.09. The zero-order chi connectivity index (χ0) is 10.9. The van der Waals surface area contributed by atoms with Gasteiger partial charge in [0.1, 0.15) is 5.82 Å². The van der Waals surface area contributed by atoms with E-state index in [0.717, 1.165) is 18.2 Å². The minimum Gasteiger partial charge on any atom is -0.287 e.